The monoisotopic (exact) mass is 330 g/mol. The van der Waals surface area contributed by atoms with Gasteiger partial charge in [0.1, 0.15) is 5.75 Å². The molecule has 0 aliphatic heterocycles. The molecule has 0 aliphatic rings. The fourth-order valence-electron chi connectivity index (χ4n) is 1.92. The van der Waals surface area contributed by atoms with Crippen molar-refractivity contribution in [3.05, 3.63) is 65.2 Å². The summed E-state index contributed by atoms with van der Waals surface area (Å²) < 4.78 is 5.35. The Labute approximate surface area is 141 Å². The van der Waals surface area contributed by atoms with Gasteiger partial charge in [0.15, 0.2) is 6.61 Å². The molecule has 0 aromatic heterocycles. The molecule has 120 valence electrons. The van der Waals surface area contributed by atoms with Gasteiger partial charge in [-0.3, -0.25) is 4.79 Å². The van der Waals surface area contributed by atoms with Gasteiger partial charge in [0.2, 0.25) is 0 Å². The van der Waals surface area contributed by atoms with Crippen LogP contribution in [0.3, 0.4) is 0 Å². The number of hydrogen-bond acceptors (Lipinski definition) is 3. The first-order valence-corrected chi connectivity index (χ1v) is 7.76. The third-order valence-corrected chi connectivity index (χ3v) is 3.50. The maximum atomic E-state index is 11.7. The van der Waals surface area contributed by atoms with Crippen molar-refractivity contribution in [2.45, 2.75) is 19.8 Å². The second-order valence-corrected chi connectivity index (χ2v) is 5.49. The van der Waals surface area contributed by atoms with E-state index in [9.17, 15) is 4.79 Å². The Morgan fingerprint density at radius 1 is 1.13 bits per heavy atom. The minimum Gasteiger partial charge on any atom is -0.482 e. The highest BCUT2D eigenvalue weighted by Gasteiger charge is 2.04. The van der Waals surface area contributed by atoms with Crippen LogP contribution in [0, 0.1) is 0 Å². The fourth-order valence-corrected chi connectivity index (χ4v) is 2.11. The van der Waals surface area contributed by atoms with Gasteiger partial charge in [0.25, 0.3) is 5.91 Å². The quantitative estimate of drug-likeness (QED) is 0.619. The first-order chi connectivity index (χ1) is 11.1. The summed E-state index contributed by atoms with van der Waals surface area (Å²) in [7, 11) is 0. The first-order valence-electron chi connectivity index (χ1n) is 7.38. The summed E-state index contributed by atoms with van der Waals surface area (Å²) >= 11 is 5.95. The predicted molar refractivity (Wildman–Crippen MR) is 93.0 cm³/mol. The number of ether oxygens (including phenoxy) is 1. The molecule has 4 nitrogen and oxygen atoms in total. The second kappa shape index (κ2) is 8.96. The van der Waals surface area contributed by atoms with Crippen LogP contribution in [0.25, 0.3) is 0 Å². The number of carbonyl (C=O) groups is 1. The van der Waals surface area contributed by atoms with Gasteiger partial charge in [-0.1, -0.05) is 54.1 Å². The van der Waals surface area contributed by atoms with Gasteiger partial charge in [-0.25, -0.2) is 5.43 Å². The van der Waals surface area contributed by atoms with Crippen LogP contribution in [0.5, 0.6) is 5.75 Å². The largest absolute Gasteiger partial charge is 0.482 e. The van der Waals surface area contributed by atoms with Crippen LogP contribution < -0.4 is 10.2 Å². The zero-order chi connectivity index (χ0) is 16.5. The molecule has 0 atom stereocenters. The molecule has 23 heavy (non-hydrogen) atoms. The number of rotatable bonds is 7. The van der Waals surface area contributed by atoms with Crippen LogP contribution >= 0.6 is 11.6 Å². The smallest absolute Gasteiger partial charge is 0.277 e. The summed E-state index contributed by atoms with van der Waals surface area (Å²) in [6, 6.07) is 17.2. The minimum atomic E-state index is -0.316. The lowest BCUT2D eigenvalue weighted by Gasteiger charge is -2.07. The van der Waals surface area contributed by atoms with Crippen LogP contribution in [-0.2, 0) is 11.2 Å². The van der Waals surface area contributed by atoms with E-state index >= 15 is 0 Å². The Hall–Kier alpha value is -2.33. The molecular formula is C18H19ClN2O2. The van der Waals surface area contributed by atoms with Gasteiger partial charge < -0.3 is 4.74 Å². The van der Waals surface area contributed by atoms with Crippen molar-refractivity contribution in [3.63, 3.8) is 0 Å². The van der Waals surface area contributed by atoms with Gasteiger partial charge in [-0.2, -0.15) is 5.10 Å². The van der Waals surface area contributed by atoms with Crippen molar-refractivity contribution >= 4 is 23.2 Å². The van der Waals surface area contributed by atoms with E-state index in [2.05, 4.69) is 22.7 Å². The number of halogens is 1. The lowest BCUT2D eigenvalue weighted by molar-refractivity contribution is -0.123. The molecule has 0 heterocycles. The van der Waals surface area contributed by atoms with Crippen LogP contribution in [-0.4, -0.2) is 18.2 Å². The Kier molecular flexibility index (Phi) is 6.63. The number of para-hydroxylation sites is 1. The molecule has 1 N–H and O–H groups in total. The molecule has 2 rings (SSSR count). The van der Waals surface area contributed by atoms with Gasteiger partial charge >= 0.3 is 0 Å². The number of hydrazone groups is 1. The van der Waals surface area contributed by atoms with Crippen molar-refractivity contribution in [1.29, 1.82) is 0 Å². The number of benzene rings is 2. The van der Waals surface area contributed by atoms with Gasteiger partial charge in [-0.05, 0) is 37.5 Å². The van der Waals surface area contributed by atoms with E-state index in [0.717, 1.165) is 18.6 Å². The number of hydrogen-bond donors (Lipinski definition) is 1. The number of amides is 1. The van der Waals surface area contributed by atoms with Crippen molar-refractivity contribution in [3.8, 4) is 5.75 Å². The number of aryl methyl sites for hydroxylation is 1. The third kappa shape index (κ3) is 6.12. The second-order valence-electron chi connectivity index (χ2n) is 5.09. The van der Waals surface area contributed by atoms with Gasteiger partial charge in [0.05, 0.1) is 5.02 Å². The zero-order valence-electron chi connectivity index (χ0n) is 13.0. The Morgan fingerprint density at radius 3 is 2.57 bits per heavy atom. The van der Waals surface area contributed by atoms with Crippen molar-refractivity contribution in [2.24, 2.45) is 5.10 Å². The molecule has 0 fully saturated rings. The van der Waals surface area contributed by atoms with Crippen LogP contribution in [0.1, 0.15) is 18.9 Å². The third-order valence-electron chi connectivity index (χ3n) is 3.19. The van der Waals surface area contributed by atoms with Crippen LogP contribution in [0.2, 0.25) is 5.02 Å². The number of carbonyl (C=O) groups excluding carboxylic acids is 1. The molecule has 2 aromatic carbocycles. The molecule has 2 aromatic rings. The van der Waals surface area contributed by atoms with Crippen molar-refractivity contribution in [1.82, 2.24) is 5.43 Å². The lowest BCUT2D eigenvalue weighted by atomic mass is 10.1. The minimum absolute atomic E-state index is 0.126. The number of nitrogens with zero attached hydrogens (tertiary/aromatic N) is 1. The SMILES string of the molecule is C/C(CCc1ccccc1)=N/NC(=O)COc1ccccc1Cl. The van der Waals surface area contributed by atoms with E-state index < -0.39 is 0 Å². The van der Waals surface area contributed by atoms with E-state index in [1.807, 2.05) is 25.1 Å². The topological polar surface area (TPSA) is 50.7 Å². The molecular weight excluding hydrogens is 312 g/mol. The summed E-state index contributed by atoms with van der Waals surface area (Å²) in [4.78, 5) is 11.7. The van der Waals surface area contributed by atoms with Gasteiger partial charge in [-0.15, -0.1) is 0 Å². The molecule has 0 saturated heterocycles. The molecule has 0 spiro atoms. The van der Waals surface area contributed by atoms with Crippen LogP contribution in [0.15, 0.2) is 59.7 Å². The Morgan fingerprint density at radius 2 is 1.83 bits per heavy atom. The average Bonchev–Trinajstić information content (AvgIpc) is 2.58. The summed E-state index contributed by atoms with van der Waals surface area (Å²) in [5, 5.41) is 4.55. The first kappa shape index (κ1) is 17.0. The van der Waals surface area contributed by atoms with Gasteiger partial charge in [0, 0.05) is 5.71 Å². The molecule has 0 radical (unpaired) electrons. The maximum absolute atomic E-state index is 11.7. The summed E-state index contributed by atoms with van der Waals surface area (Å²) in [5.41, 5.74) is 4.60. The molecule has 0 saturated carbocycles. The van der Waals surface area contributed by atoms with Crippen molar-refractivity contribution in [2.75, 3.05) is 6.61 Å². The maximum Gasteiger partial charge on any atom is 0.277 e. The highest BCUT2D eigenvalue weighted by atomic mass is 35.5. The van der Waals surface area contributed by atoms with Crippen molar-refractivity contribution < 1.29 is 9.53 Å². The van der Waals surface area contributed by atoms with E-state index in [0.29, 0.717) is 10.8 Å². The standard InChI is InChI=1S/C18H19ClN2O2/c1-14(11-12-15-7-3-2-4-8-15)20-21-18(22)13-23-17-10-6-5-9-16(17)19/h2-10H,11-13H2,1H3,(H,21,22)/b20-14-. The molecule has 0 unspecified atom stereocenters. The van der Waals surface area contributed by atoms with E-state index in [1.165, 1.54) is 5.56 Å². The summed E-state index contributed by atoms with van der Waals surface area (Å²) in [5.74, 6) is 0.165. The average molecular weight is 331 g/mol. The summed E-state index contributed by atoms with van der Waals surface area (Å²) in [6.07, 6.45) is 1.68. The predicted octanol–water partition coefficient (Wildman–Crippen LogP) is 3.84. The Balaban J connectivity index is 1.73. The molecule has 1 amide bonds. The zero-order valence-corrected chi connectivity index (χ0v) is 13.7. The highest BCUT2D eigenvalue weighted by Crippen LogP contribution is 2.22. The van der Waals surface area contributed by atoms with Crippen LogP contribution in [0.4, 0.5) is 0 Å². The summed E-state index contributed by atoms with van der Waals surface area (Å²) in [6.45, 7) is 1.76. The normalized spacial score (nSPS) is 11.1. The lowest BCUT2D eigenvalue weighted by Crippen LogP contribution is -2.25. The number of nitrogens with one attached hydrogen (secondary N) is 1. The Bertz CT molecular complexity index is 672. The molecule has 0 aliphatic carbocycles. The molecule has 5 heteroatoms. The van der Waals surface area contributed by atoms with E-state index in [-0.39, 0.29) is 12.5 Å². The molecule has 0 bridgehead atoms. The fraction of sp³-hybridized carbons (Fsp3) is 0.222. The highest BCUT2D eigenvalue weighted by molar-refractivity contribution is 6.32. The van der Waals surface area contributed by atoms with E-state index in [1.54, 1.807) is 24.3 Å². The van der Waals surface area contributed by atoms with E-state index in [4.69, 9.17) is 16.3 Å².